The average molecular weight is 301 g/mol. The second-order valence-corrected chi connectivity index (χ2v) is 5.29. The van der Waals surface area contributed by atoms with Crippen LogP contribution in [0.3, 0.4) is 0 Å². The molecule has 6 heteroatoms. The van der Waals surface area contributed by atoms with Crippen LogP contribution in [0.15, 0.2) is 10.8 Å². The van der Waals surface area contributed by atoms with Crippen LogP contribution in [0.4, 0.5) is 11.6 Å². The van der Waals surface area contributed by atoms with Gasteiger partial charge in [0, 0.05) is 6.54 Å². The number of aliphatic hydroxyl groups excluding tert-OH is 1. The highest BCUT2D eigenvalue weighted by molar-refractivity contribution is 9.10. The van der Waals surface area contributed by atoms with Gasteiger partial charge in [-0.25, -0.2) is 9.97 Å². The highest BCUT2D eigenvalue weighted by atomic mass is 79.9. The average Bonchev–Trinajstić information content (AvgIpc) is 2.32. The second-order valence-electron chi connectivity index (χ2n) is 4.48. The zero-order valence-electron chi connectivity index (χ0n) is 9.56. The summed E-state index contributed by atoms with van der Waals surface area (Å²) in [6.07, 6.45) is 5.36. The summed E-state index contributed by atoms with van der Waals surface area (Å²) in [5.41, 5.74) is 5.73. The van der Waals surface area contributed by atoms with Gasteiger partial charge in [-0.05, 0) is 47.5 Å². The molecule has 0 unspecified atom stereocenters. The van der Waals surface area contributed by atoms with Crippen molar-refractivity contribution in [1.29, 1.82) is 0 Å². The zero-order chi connectivity index (χ0) is 12.3. The predicted molar refractivity (Wildman–Crippen MR) is 70.6 cm³/mol. The van der Waals surface area contributed by atoms with E-state index in [1.165, 1.54) is 0 Å². The fourth-order valence-electron chi connectivity index (χ4n) is 2.10. The van der Waals surface area contributed by atoms with Crippen molar-refractivity contribution in [3.8, 4) is 0 Å². The summed E-state index contributed by atoms with van der Waals surface area (Å²) < 4.78 is 0.674. The molecular weight excluding hydrogens is 284 g/mol. The monoisotopic (exact) mass is 300 g/mol. The normalized spacial score (nSPS) is 24.6. The minimum Gasteiger partial charge on any atom is -0.393 e. The Balaban J connectivity index is 1.87. The highest BCUT2D eigenvalue weighted by Crippen LogP contribution is 2.25. The maximum Gasteiger partial charge on any atom is 0.170 e. The Morgan fingerprint density at radius 2 is 2.12 bits per heavy atom. The van der Waals surface area contributed by atoms with E-state index in [2.05, 4.69) is 31.2 Å². The number of nitrogens with one attached hydrogen (secondary N) is 1. The topological polar surface area (TPSA) is 84.1 Å². The molecule has 0 aliphatic heterocycles. The molecule has 5 nitrogen and oxygen atoms in total. The molecule has 94 valence electrons. The Kier molecular flexibility index (Phi) is 4.17. The van der Waals surface area contributed by atoms with Crippen molar-refractivity contribution in [3.05, 3.63) is 10.8 Å². The lowest BCUT2D eigenvalue weighted by Gasteiger charge is -2.25. The van der Waals surface area contributed by atoms with Gasteiger partial charge in [-0.2, -0.15) is 0 Å². The largest absolute Gasteiger partial charge is 0.393 e. The summed E-state index contributed by atoms with van der Waals surface area (Å²) in [5, 5.41) is 12.7. The highest BCUT2D eigenvalue weighted by Gasteiger charge is 2.19. The molecule has 1 aliphatic carbocycles. The van der Waals surface area contributed by atoms with Crippen molar-refractivity contribution < 1.29 is 5.11 Å². The van der Waals surface area contributed by atoms with Gasteiger partial charge in [0.15, 0.2) is 11.6 Å². The van der Waals surface area contributed by atoms with Crippen LogP contribution in [0.5, 0.6) is 0 Å². The first-order chi connectivity index (χ1) is 8.15. The molecule has 0 radical (unpaired) electrons. The Hall–Kier alpha value is -0.880. The summed E-state index contributed by atoms with van der Waals surface area (Å²) in [7, 11) is 0. The number of aromatic nitrogens is 2. The van der Waals surface area contributed by atoms with E-state index in [-0.39, 0.29) is 6.10 Å². The van der Waals surface area contributed by atoms with Crippen LogP contribution in [0, 0.1) is 5.92 Å². The molecular formula is C11H17BrN4O. The van der Waals surface area contributed by atoms with E-state index in [1.807, 2.05) is 0 Å². The molecule has 2 rings (SSSR count). The van der Waals surface area contributed by atoms with E-state index in [0.29, 0.717) is 22.2 Å². The SMILES string of the molecule is Nc1ncc(Br)nc1NCC1CCC(O)CC1. The number of nitrogens with two attached hydrogens (primary N) is 1. The number of rotatable bonds is 3. The number of halogens is 1. The summed E-state index contributed by atoms with van der Waals surface area (Å²) in [5.74, 6) is 1.63. The predicted octanol–water partition coefficient (Wildman–Crippen LogP) is 1.78. The molecule has 0 spiro atoms. The number of nitrogen functional groups attached to an aromatic ring is 1. The molecule has 17 heavy (non-hydrogen) atoms. The Morgan fingerprint density at radius 1 is 1.41 bits per heavy atom. The second kappa shape index (κ2) is 5.64. The van der Waals surface area contributed by atoms with E-state index in [1.54, 1.807) is 6.20 Å². The number of hydrogen-bond donors (Lipinski definition) is 3. The smallest absolute Gasteiger partial charge is 0.170 e. The van der Waals surface area contributed by atoms with Gasteiger partial charge in [0.2, 0.25) is 0 Å². The minimum absolute atomic E-state index is 0.109. The molecule has 1 aliphatic rings. The van der Waals surface area contributed by atoms with Crippen molar-refractivity contribution in [2.45, 2.75) is 31.8 Å². The Bertz CT molecular complexity index is 380. The van der Waals surface area contributed by atoms with Gasteiger partial charge in [-0.1, -0.05) is 0 Å². The van der Waals surface area contributed by atoms with Crippen molar-refractivity contribution >= 4 is 27.6 Å². The molecule has 0 bridgehead atoms. The van der Waals surface area contributed by atoms with Gasteiger partial charge >= 0.3 is 0 Å². The van der Waals surface area contributed by atoms with Gasteiger partial charge in [-0.3, -0.25) is 0 Å². The quantitative estimate of drug-likeness (QED) is 0.792. The molecule has 1 saturated carbocycles. The summed E-state index contributed by atoms with van der Waals surface area (Å²) in [4.78, 5) is 8.26. The molecule has 0 aromatic carbocycles. The lowest BCUT2D eigenvalue weighted by atomic mass is 9.87. The van der Waals surface area contributed by atoms with Crippen molar-refractivity contribution in [1.82, 2.24) is 9.97 Å². The van der Waals surface area contributed by atoms with Crippen LogP contribution in [0.2, 0.25) is 0 Å². The van der Waals surface area contributed by atoms with E-state index in [9.17, 15) is 5.11 Å². The number of nitrogens with zero attached hydrogens (tertiary/aromatic N) is 2. The molecule has 1 aromatic heterocycles. The standard InChI is InChI=1S/C11H17BrN4O/c12-9-6-14-10(13)11(16-9)15-5-7-1-3-8(17)4-2-7/h6-8,17H,1-5H2,(H2,13,14)(H,15,16). The van der Waals surface area contributed by atoms with Crippen LogP contribution in [0.25, 0.3) is 0 Å². The molecule has 4 N–H and O–H groups in total. The fourth-order valence-corrected chi connectivity index (χ4v) is 2.38. The van der Waals surface area contributed by atoms with Gasteiger partial charge in [0.25, 0.3) is 0 Å². The van der Waals surface area contributed by atoms with Crippen molar-refractivity contribution in [3.63, 3.8) is 0 Å². The van der Waals surface area contributed by atoms with E-state index in [4.69, 9.17) is 5.73 Å². The van der Waals surface area contributed by atoms with Gasteiger partial charge in [0.1, 0.15) is 4.60 Å². The summed E-state index contributed by atoms with van der Waals surface area (Å²) >= 11 is 3.27. The summed E-state index contributed by atoms with van der Waals surface area (Å²) in [6.45, 7) is 0.835. The first kappa shape index (κ1) is 12.6. The van der Waals surface area contributed by atoms with Crippen LogP contribution in [-0.4, -0.2) is 27.7 Å². The molecule has 0 saturated heterocycles. The first-order valence-corrected chi connectivity index (χ1v) is 6.64. The summed E-state index contributed by atoms with van der Waals surface area (Å²) in [6, 6.07) is 0. The van der Waals surface area contributed by atoms with Gasteiger partial charge < -0.3 is 16.2 Å². The maximum atomic E-state index is 9.42. The van der Waals surface area contributed by atoms with Crippen molar-refractivity contribution in [2.75, 3.05) is 17.6 Å². The zero-order valence-corrected chi connectivity index (χ0v) is 11.2. The first-order valence-electron chi connectivity index (χ1n) is 5.85. The third-order valence-corrected chi connectivity index (χ3v) is 3.53. The number of aliphatic hydroxyl groups is 1. The minimum atomic E-state index is -0.109. The molecule has 1 heterocycles. The lowest BCUT2D eigenvalue weighted by Crippen LogP contribution is -2.24. The molecule has 1 fully saturated rings. The molecule has 0 amide bonds. The number of anilines is 2. The van der Waals surface area contributed by atoms with Gasteiger partial charge in [0.05, 0.1) is 12.3 Å². The molecule has 0 atom stereocenters. The van der Waals surface area contributed by atoms with Crippen molar-refractivity contribution in [2.24, 2.45) is 5.92 Å². The number of hydrogen-bond acceptors (Lipinski definition) is 5. The van der Waals surface area contributed by atoms with Crippen LogP contribution in [0.1, 0.15) is 25.7 Å². The van der Waals surface area contributed by atoms with Gasteiger partial charge in [-0.15, -0.1) is 0 Å². The maximum absolute atomic E-state index is 9.42. The van der Waals surface area contributed by atoms with E-state index in [0.717, 1.165) is 32.2 Å². The lowest BCUT2D eigenvalue weighted by molar-refractivity contribution is 0.111. The molecule has 1 aromatic rings. The van der Waals surface area contributed by atoms with Crippen LogP contribution in [-0.2, 0) is 0 Å². The third-order valence-electron chi connectivity index (χ3n) is 3.15. The van der Waals surface area contributed by atoms with E-state index < -0.39 is 0 Å². The fraction of sp³-hybridized carbons (Fsp3) is 0.636. The van der Waals surface area contributed by atoms with Crippen LogP contribution < -0.4 is 11.1 Å². The van der Waals surface area contributed by atoms with Crippen LogP contribution >= 0.6 is 15.9 Å². The Labute approximate surface area is 109 Å². The van der Waals surface area contributed by atoms with E-state index >= 15 is 0 Å². The third kappa shape index (κ3) is 3.54. The Morgan fingerprint density at radius 3 is 2.82 bits per heavy atom.